The summed E-state index contributed by atoms with van der Waals surface area (Å²) in [7, 11) is 0. The molecule has 1 nitrogen and oxygen atoms in total. The second-order valence-corrected chi connectivity index (χ2v) is 3.49. The molecule has 1 aromatic rings. The highest BCUT2D eigenvalue weighted by molar-refractivity contribution is 7.99. The lowest BCUT2D eigenvalue weighted by Gasteiger charge is -1.97. The van der Waals surface area contributed by atoms with Gasteiger partial charge in [0.1, 0.15) is 0 Å². The average molecular weight is 165 g/mol. The standard InChI is InChI=1S/C9H11NS/c1-2-11-9-5-3-4-8(6-9)7-10/h3-7,10H,2H2,1H3. The van der Waals surface area contributed by atoms with E-state index in [1.165, 1.54) is 11.1 Å². The molecule has 0 saturated heterocycles. The minimum Gasteiger partial charge on any atom is -0.308 e. The molecule has 0 atom stereocenters. The Labute approximate surface area is 71.3 Å². The number of hydrogen-bond donors (Lipinski definition) is 1. The van der Waals surface area contributed by atoms with E-state index in [2.05, 4.69) is 13.0 Å². The van der Waals surface area contributed by atoms with E-state index in [-0.39, 0.29) is 0 Å². The van der Waals surface area contributed by atoms with Gasteiger partial charge in [-0.25, -0.2) is 0 Å². The normalized spacial score (nSPS) is 9.55. The third kappa shape index (κ3) is 2.39. The van der Waals surface area contributed by atoms with Gasteiger partial charge >= 0.3 is 0 Å². The zero-order chi connectivity index (χ0) is 8.10. The maximum atomic E-state index is 7.04. The summed E-state index contributed by atoms with van der Waals surface area (Å²) in [6.07, 6.45) is 1.37. The molecule has 0 radical (unpaired) electrons. The highest BCUT2D eigenvalue weighted by Gasteiger charge is 1.91. The predicted octanol–water partition coefficient (Wildman–Crippen LogP) is 2.80. The summed E-state index contributed by atoms with van der Waals surface area (Å²) in [6.45, 7) is 2.13. The van der Waals surface area contributed by atoms with Crippen molar-refractivity contribution >= 4 is 18.0 Å². The highest BCUT2D eigenvalue weighted by Crippen LogP contribution is 2.17. The Kier molecular flexibility index (Phi) is 3.17. The molecule has 0 heterocycles. The summed E-state index contributed by atoms with van der Waals surface area (Å²) in [4.78, 5) is 1.24. The van der Waals surface area contributed by atoms with Gasteiger partial charge in [0, 0.05) is 11.1 Å². The van der Waals surface area contributed by atoms with Crippen LogP contribution in [0.1, 0.15) is 12.5 Å². The Bertz CT molecular complexity index is 245. The van der Waals surface area contributed by atoms with E-state index < -0.39 is 0 Å². The van der Waals surface area contributed by atoms with E-state index in [0.29, 0.717) is 0 Å². The summed E-state index contributed by atoms with van der Waals surface area (Å²) in [5.41, 5.74) is 0.975. The van der Waals surface area contributed by atoms with Crippen LogP contribution in [0.25, 0.3) is 0 Å². The molecular weight excluding hydrogens is 154 g/mol. The predicted molar refractivity (Wildman–Crippen MR) is 50.7 cm³/mol. The Morgan fingerprint density at radius 3 is 3.00 bits per heavy atom. The van der Waals surface area contributed by atoms with Gasteiger partial charge in [-0.3, -0.25) is 0 Å². The Hall–Kier alpha value is -0.760. The molecule has 0 unspecified atom stereocenters. The first-order valence-corrected chi connectivity index (χ1v) is 4.58. The van der Waals surface area contributed by atoms with Crippen molar-refractivity contribution in [2.24, 2.45) is 0 Å². The van der Waals surface area contributed by atoms with E-state index in [9.17, 15) is 0 Å². The molecule has 2 heteroatoms. The summed E-state index contributed by atoms with van der Waals surface area (Å²) in [6, 6.07) is 8.02. The van der Waals surface area contributed by atoms with Gasteiger partial charge in [0.25, 0.3) is 0 Å². The first kappa shape index (κ1) is 8.34. The van der Waals surface area contributed by atoms with Crippen LogP contribution in [0.5, 0.6) is 0 Å². The van der Waals surface area contributed by atoms with E-state index >= 15 is 0 Å². The van der Waals surface area contributed by atoms with Gasteiger partial charge in [-0.2, -0.15) is 0 Å². The highest BCUT2D eigenvalue weighted by atomic mass is 32.2. The van der Waals surface area contributed by atoms with Crippen molar-refractivity contribution in [3.05, 3.63) is 29.8 Å². The number of hydrogen-bond acceptors (Lipinski definition) is 2. The van der Waals surface area contributed by atoms with Crippen LogP contribution >= 0.6 is 11.8 Å². The summed E-state index contributed by atoms with van der Waals surface area (Å²) in [5, 5.41) is 7.04. The third-order valence-corrected chi connectivity index (χ3v) is 2.21. The fraction of sp³-hybridized carbons (Fsp3) is 0.222. The van der Waals surface area contributed by atoms with Crippen molar-refractivity contribution in [1.82, 2.24) is 0 Å². The topological polar surface area (TPSA) is 23.9 Å². The minimum absolute atomic E-state index is 0.975. The first-order valence-electron chi connectivity index (χ1n) is 3.60. The van der Waals surface area contributed by atoms with Crippen LogP contribution in [0.3, 0.4) is 0 Å². The van der Waals surface area contributed by atoms with Crippen LogP contribution in [0.4, 0.5) is 0 Å². The van der Waals surface area contributed by atoms with E-state index in [1.54, 1.807) is 11.8 Å². The molecule has 0 amide bonds. The largest absolute Gasteiger partial charge is 0.308 e. The molecule has 0 aliphatic rings. The van der Waals surface area contributed by atoms with Crippen molar-refractivity contribution in [2.75, 3.05) is 5.75 Å². The van der Waals surface area contributed by atoms with Crippen LogP contribution in [-0.4, -0.2) is 12.0 Å². The molecular formula is C9H11NS. The van der Waals surface area contributed by atoms with Crippen molar-refractivity contribution in [3.63, 3.8) is 0 Å². The van der Waals surface area contributed by atoms with E-state index in [0.717, 1.165) is 11.3 Å². The Balaban J connectivity index is 2.82. The fourth-order valence-corrected chi connectivity index (χ4v) is 1.59. The zero-order valence-electron chi connectivity index (χ0n) is 6.50. The summed E-state index contributed by atoms with van der Waals surface area (Å²) in [5.74, 6) is 1.08. The van der Waals surface area contributed by atoms with Crippen molar-refractivity contribution in [3.8, 4) is 0 Å². The van der Waals surface area contributed by atoms with Crippen LogP contribution in [0.2, 0.25) is 0 Å². The second-order valence-electron chi connectivity index (χ2n) is 2.15. The number of rotatable bonds is 3. The zero-order valence-corrected chi connectivity index (χ0v) is 7.32. The van der Waals surface area contributed by atoms with Crippen LogP contribution in [0, 0.1) is 5.41 Å². The van der Waals surface area contributed by atoms with E-state index in [4.69, 9.17) is 5.41 Å². The van der Waals surface area contributed by atoms with Crippen molar-refractivity contribution in [2.45, 2.75) is 11.8 Å². The molecule has 0 bridgehead atoms. The van der Waals surface area contributed by atoms with Gasteiger partial charge in [-0.15, -0.1) is 11.8 Å². The smallest absolute Gasteiger partial charge is 0.0250 e. The molecule has 0 saturated carbocycles. The second kappa shape index (κ2) is 4.19. The van der Waals surface area contributed by atoms with Crippen molar-refractivity contribution in [1.29, 1.82) is 5.41 Å². The molecule has 1 N–H and O–H groups in total. The molecule has 0 fully saturated rings. The molecule has 11 heavy (non-hydrogen) atoms. The average Bonchev–Trinajstić information content (AvgIpc) is 2.06. The summed E-state index contributed by atoms with van der Waals surface area (Å²) < 4.78 is 0. The first-order chi connectivity index (χ1) is 5.36. The van der Waals surface area contributed by atoms with Crippen LogP contribution in [0.15, 0.2) is 29.2 Å². The number of thioether (sulfide) groups is 1. The van der Waals surface area contributed by atoms with Crippen molar-refractivity contribution < 1.29 is 0 Å². The Morgan fingerprint density at radius 1 is 1.55 bits per heavy atom. The number of nitrogens with one attached hydrogen (secondary N) is 1. The van der Waals surface area contributed by atoms with Crippen LogP contribution < -0.4 is 0 Å². The molecule has 0 aliphatic heterocycles. The van der Waals surface area contributed by atoms with Gasteiger partial charge in [0.2, 0.25) is 0 Å². The quantitative estimate of drug-likeness (QED) is 0.540. The lowest BCUT2D eigenvalue weighted by Crippen LogP contribution is -1.79. The van der Waals surface area contributed by atoms with Gasteiger partial charge < -0.3 is 5.41 Å². The number of benzene rings is 1. The third-order valence-electron chi connectivity index (χ3n) is 1.34. The van der Waals surface area contributed by atoms with Gasteiger partial charge in [-0.05, 0) is 23.4 Å². The maximum Gasteiger partial charge on any atom is 0.0250 e. The fourth-order valence-electron chi connectivity index (χ4n) is 0.861. The summed E-state index contributed by atoms with van der Waals surface area (Å²) >= 11 is 1.80. The lowest BCUT2D eigenvalue weighted by molar-refractivity contribution is 1.41. The van der Waals surface area contributed by atoms with E-state index in [1.807, 2.05) is 18.2 Å². The molecule has 58 valence electrons. The van der Waals surface area contributed by atoms with Gasteiger partial charge in [0.15, 0.2) is 0 Å². The molecule has 0 aromatic heterocycles. The Morgan fingerprint density at radius 2 is 2.36 bits per heavy atom. The van der Waals surface area contributed by atoms with Gasteiger partial charge in [0.05, 0.1) is 0 Å². The SMILES string of the molecule is CCSc1cccc(C=N)c1. The molecule has 0 spiro atoms. The maximum absolute atomic E-state index is 7.04. The van der Waals surface area contributed by atoms with Gasteiger partial charge in [-0.1, -0.05) is 19.1 Å². The molecule has 0 aliphatic carbocycles. The lowest BCUT2D eigenvalue weighted by atomic mass is 10.2. The minimum atomic E-state index is 0.975. The van der Waals surface area contributed by atoms with Crippen LogP contribution in [-0.2, 0) is 0 Å². The monoisotopic (exact) mass is 165 g/mol. The molecule has 1 rings (SSSR count). The molecule has 1 aromatic carbocycles.